The summed E-state index contributed by atoms with van der Waals surface area (Å²) in [5.74, 6) is 0.885. The third-order valence-electron chi connectivity index (χ3n) is 3.07. The maximum absolute atomic E-state index is 12.5. The molecule has 1 fully saturated rings. The van der Waals surface area contributed by atoms with Crippen LogP contribution in [0.4, 0.5) is 0 Å². The summed E-state index contributed by atoms with van der Waals surface area (Å²) in [5.41, 5.74) is 0. The summed E-state index contributed by atoms with van der Waals surface area (Å²) >= 11 is 1.85. The smallest absolute Gasteiger partial charge is 0.218 e. The van der Waals surface area contributed by atoms with E-state index in [0.29, 0.717) is 25.7 Å². The minimum absolute atomic E-state index is 0.0243. The zero-order valence-corrected chi connectivity index (χ0v) is 13.7. The number of nitrogens with zero attached hydrogens (tertiary/aromatic N) is 1. The van der Waals surface area contributed by atoms with Gasteiger partial charge >= 0.3 is 0 Å². The van der Waals surface area contributed by atoms with E-state index in [4.69, 9.17) is 0 Å². The van der Waals surface area contributed by atoms with Gasteiger partial charge in [-0.2, -0.15) is 16.1 Å². The highest BCUT2D eigenvalue weighted by molar-refractivity contribution is 8.00. The molecule has 1 aliphatic heterocycles. The molecule has 1 rings (SSSR count). The molecule has 108 valence electrons. The van der Waals surface area contributed by atoms with Crippen LogP contribution in [-0.2, 0) is 10.0 Å². The second-order valence-corrected chi connectivity index (χ2v) is 10.0. The van der Waals surface area contributed by atoms with Crippen LogP contribution in [0.25, 0.3) is 0 Å². The first-order valence-electron chi connectivity index (χ1n) is 6.51. The zero-order valence-electron chi connectivity index (χ0n) is 12.1. The summed E-state index contributed by atoms with van der Waals surface area (Å²) < 4.78 is 26.6. The quantitative estimate of drug-likeness (QED) is 0.835. The van der Waals surface area contributed by atoms with Crippen molar-refractivity contribution in [1.29, 1.82) is 0 Å². The Morgan fingerprint density at radius 3 is 2.44 bits per heavy atom. The molecule has 0 aromatic rings. The fourth-order valence-corrected chi connectivity index (χ4v) is 4.92. The molecule has 1 N–H and O–H groups in total. The van der Waals surface area contributed by atoms with Crippen LogP contribution in [-0.4, -0.2) is 54.1 Å². The summed E-state index contributed by atoms with van der Waals surface area (Å²) in [6.45, 7) is 11.8. The Bertz CT molecular complexity index is 366. The van der Waals surface area contributed by atoms with Crippen molar-refractivity contribution in [2.45, 2.75) is 50.7 Å². The molecular formula is C12H26N2O2S2. The Hall–Kier alpha value is 0.220. The number of hydrogen-bond donors (Lipinski definition) is 1. The van der Waals surface area contributed by atoms with Crippen molar-refractivity contribution in [2.75, 3.05) is 25.4 Å². The summed E-state index contributed by atoms with van der Waals surface area (Å²) in [5, 5.41) is 2.84. The Balaban J connectivity index is 2.67. The standard InChI is InChI=1S/C12H26N2O2S2/c1-10(2)13-8-11(3)18(15,16)14-6-7-17-12(4,5)9-14/h10-11,13H,6-9H2,1-5H3. The molecule has 0 aromatic heterocycles. The van der Waals surface area contributed by atoms with Crippen LogP contribution in [0, 0.1) is 0 Å². The van der Waals surface area contributed by atoms with Crippen molar-refractivity contribution < 1.29 is 8.42 Å². The minimum atomic E-state index is -3.17. The third-order valence-corrected chi connectivity index (χ3v) is 6.58. The van der Waals surface area contributed by atoms with Crippen molar-refractivity contribution in [1.82, 2.24) is 9.62 Å². The van der Waals surface area contributed by atoms with E-state index in [1.54, 1.807) is 11.2 Å². The van der Waals surface area contributed by atoms with Crippen LogP contribution in [0.2, 0.25) is 0 Å². The molecule has 1 saturated heterocycles. The highest BCUT2D eigenvalue weighted by atomic mass is 32.2. The van der Waals surface area contributed by atoms with Crippen molar-refractivity contribution in [3.63, 3.8) is 0 Å². The summed E-state index contributed by atoms with van der Waals surface area (Å²) in [6, 6.07) is 0.316. The molecule has 1 aliphatic rings. The number of rotatable bonds is 5. The Morgan fingerprint density at radius 1 is 1.33 bits per heavy atom. The average Bonchev–Trinajstić information content (AvgIpc) is 2.24. The van der Waals surface area contributed by atoms with Gasteiger partial charge in [-0.1, -0.05) is 13.8 Å². The number of hydrogen-bond acceptors (Lipinski definition) is 4. The molecule has 0 bridgehead atoms. The van der Waals surface area contributed by atoms with E-state index < -0.39 is 10.0 Å². The van der Waals surface area contributed by atoms with E-state index in [1.807, 2.05) is 25.6 Å². The van der Waals surface area contributed by atoms with Crippen LogP contribution >= 0.6 is 11.8 Å². The average molecular weight is 294 g/mol. The van der Waals surface area contributed by atoms with Crippen LogP contribution in [0.5, 0.6) is 0 Å². The van der Waals surface area contributed by atoms with Gasteiger partial charge in [-0.25, -0.2) is 8.42 Å². The summed E-state index contributed by atoms with van der Waals surface area (Å²) in [4.78, 5) is 0. The SMILES string of the molecule is CC(C)NCC(C)S(=O)(=O)N1CCSC(C)(C)C1. The predicted molar refractivity (Wildman–Crippen MR) is 79.6 cm³/mol. The van der Waals surface area contributed by atoms with Gasteiger partial charge in [0.2, 0.25) is 10.0 Å². The molecule has 0 radical (unpaired) electrons. The Labute approximate surface area is 116 Å². The minimum Gasteiger partial charge on any atom is -0.313 e. The molecule has 0 spiro atoms. The number of sulfonamides is 1. The lowest BCUT2D eigenvalue weighted by Gasteiger charge is -2.38. The highest BCUT2D eigenvalue weighted by Gasteiger charge is 2.36. The fraction of sp³-hybridized carbons (Fsp3) is 1.00. The van der Waals surface area contributed by atoms with E-state index in [1.165, 1.54) is 0 Å². The maximum atomic E-state index is 12.5. The van der Waals surface area contributed by atoms with Gasteiger partial charge < -0.3 is 5.32 Å². The molecule has 18 heavy (non-hydrogen) atoms. The second-order valence-electron chi connectivity index (χ2n) is 5.86. The van der Waals surface area contributed by atoms with Crippen LogP contribution in [0.1, 0.15) is 34.6 Å². The maximum Gasteiger partial charge on any atom is 0.218 e. The van der Waals surface area contributed by atoms with Crippen molar-refractivity contribution in [3.8, 4) is 0 Å². The molecule has 0 saturated carbocycles. The van der Waals surface area contributed by atoms with Gasteiger partial charge in [0.05, 0.1) is 5.25 Å². The topological polar surface area (TPSA) is 49.4 Å². The van der Waals surface area contributed by atoms with Gasteiger partial charge in [0, 0.05) is 36.2 Å². The first-order valence-corrected chi connectivity index (χ1v) is 9.00. The normalized spacial score (nSPS) is 23.2. The molecule has 0 aromatic carbocycles. The molecule has 1 heterocycles. The van der Waals surface area contributed by atoms with E-state index in [9.17, 15) is 8.42 Å². The van der Waals surface area contributed by atoms with Crippen molar-refractivity contribution in [2.24, 2.45) is 0 Å². The molecule has 0 amide bonds. The fourth-order valence-electron chi connectivity index (χ4n) is 1.95. The monoisotopic (exact) mass is 294 g/mol. The van der Waals surface area contributed by atoms with Crippen LogP contribution in [0.15, 0.2) is 0 Å². The lowest BCUT2D eigenvalue weighted by atomic mass is 10.2. The number of nitrogens with one attached hydrogen (secondary N) is 1. The van der Waals surface area contributed by atoms with Crippen molar-refractivity contribution in [3.05, 3.63) is 0 Å². The van der Waals surface area contributed by atoms with E-state index >= 15 is 0 Å². The van der Waals surface area contributed by atoms with Gasteiger partial charge in [-0.15, -0.1) is 0 Å². The van der Waals surface area contributed by atoms with Crippen molar-refractivity contribution >= 4 is 21.8 Å². The zero-order chi connectivity index (χ0) is 14.0. The molecule has 0 aliphatic carbocycles. The molecule has 1 atom stereocenters. The van der Waals surface area contributed by atoms with Gasteiger partial charge in [-0.3, -0.25) is 0 Å². The van der Waals surface area contributed by atoms with Gasteiger partial charge in [0.25, 0.3) is 0 Å². The molecule has 4 nitrogen and oxygen atoms in total. The first kappa shape index (κ1) is 16.3. The largest absolute Gasteiger partial charge is 0.313 e. The molecular weight excluding hydrogens is 268 g/mol. The summed E-state index contributed by atoms with van der Waals surface area (Å²) in [6.07, 6.45) is 0. The second kappa shape index (κ2) is 6.11. The Morgan fingerprint density at radius 2 is 1.94 bits per heavy atom. The van der Waals surface area contributed by atoms with Gasteiger partial charge in [0.15, 0.2) is 0 Å². The van der Waals surface area contributed by atoms with E-state index in [2.05, 4.69) is 19.2 Å². The van der Waals surface area contributed by atoms with E-state index in [0.717, 1.165) is 5.75 Å². The van der Waals surface area contributed by atoms with E-state index in [-0.39, 0.29) is 10.00 Å². The highest BCUT2D eigenvalue weighted by Crippen LogP contribution is 2.31. The third kappa shape index (κ3) is 4.40. The van der Waals surface area contributed by atoms with Gasteiger partial charge in [-0.05, 0) is 20.8 Å². The summed E-state index contributed by atoms with van der Waals surface area (Å²) in [7, 11) is -3.17. The van der Waals surface area contributed by atoms with Gasteiger partial charge in [0.1, 0.15) is 0 Å². The molecule has 1 unspecified atom stereocenters. The number of thioether (sulfide) groups is 1. The molecule has 6 heteroatoms. The lowest BCUT2D eigenvalue weighted by Crippen LogP contribution is -2.50. The predicted octanol–water partition coefficient (Wildman–Crippen LogP) is 1.53. The van der Waals surface area contributed by atoms with Crippen LogP contribution < -0.4 is 5.32 Å². The Kier molecular flexibility index (Phi) is 5.53. The lowest BCUT2D eigenvalue weighted by molar-refractivity contribution is 0.380. The van der Waals surface area contributed by atoms with Crippen LogP contribution in [0.3, 0.4) is 0 Å². The first-order chi connectivity index (χ1) is 8.15.